The number of nitrogens with one attached hydrogen (secondary N) is 1. The van der Waals surface area contributed by atoms with Gasteiger partial charge in [0.1, 0.15) is 6.07 Å². The lowest BCUT2D eigenvalue weighted by atomic mass is 9.94. The number of hydrogen-bond acceptors (Lipinski definition) is 8. The molecule has 1 N–H and O–H groups in total. The summed E-state index contributed by atoms with van der Waals surface area (Å²) < 4.78 is 16.4. The number of nitrogens with zero attached hydrogens (tertiary/aromatic N) is 3. The fraction of sp³-hybridized carbons (Fsp3) is 0.385. The van der Waals surface area contributed by atoms with Crippen LogP contribution >= 0.6 is 0 Å². The first kappa shape index (κ1) is 24.1. The molecule has 0 saturated carbocycles. The maximum absolute atomic E-state index is 13.1. The summed E-state index contributed by atoms with van der Waals surface area (Å²) in [5.41, 5.74) is 1.04. The van der Waals surface area contributed by atoms with E-state index in [0.717, 1.165) is 5.56 Å². The van der Waals surface area contributed by atoms with Gasteiger partial charge in [0.15, 0.2) is 5.76 Å². The Bertz CT molecular complexity index is 1170. The highest BCUT2D eigenvalue weighted by Crippen LogP contribution is 2.31. The van der Waals surface area contributed by atoms with Gasteiger partial charge in [-0.25, -0.2) is 0 Å². The van der Waals surface area contributed by atoms with Crippen molar-refractivity contribution in [3.8, 4) is 17.7 Å². The third kappa shape index (κ3) is 5.90. The fourth-order valence-electron chi connectivity index (χ4n) is 4.15. The molecule has 9 heteroatoms. The van der Waals surface area contributed by atoms with Crippen LogP contribution in [0.5, 0.6) is 0 Å². The fourth-order valence-corrected chi connectivity index (χ4v) is 4.15. The van der Waals surface area contributed by atoms with Crippen LogP contribution in [0.4, 0.5) is 5.88 Å². The molecule has 182 valence electrons. The third-order valence-corrected chi connectivity index (χ3v) is 5.86. The molecule has 1 aromatic carbocycles. The summed E-state index contributed by atoms with van der Waals surface area (Å²) in [5.74, 6) is 0.397. The second-order valence-corrected chi connectivity index (χ2v) is 8.74. The number of carbonyl (C=O) groups excluding carboxylic acids is 2. The molecule has 2 aromatic heterocycles. The van der Waals surface area contributed by atoms with E-state index in [2.05, 4.69) is 16.4 Å². The van der Waals surface area contributed by atoms with Crippen molar-refractivity contribution in [3.63, 3.8) is 0 Å². The number of piperidine rings is 1. The number of aromatic nitrogens is 1. The van der Waals surface area contributed by atoms with Crippen molar-refractivity contribution in [1.29, 1.82) is 5.26 Å². The predicted octanol–water partition coefficient (Wildman–Crippen LogP) is 4.22. The number of oxazole rings is 1. The molecular weight excluding hydrogens is 448 g/mol. The molecule has 1 amide bonds. The van der Waals surface area contributed by atoms with Crippen LogP contribution in [-0.2, 0) is 14.3 Å². The highest BCUT2D eigenvalue weighted by molar-refractivity contribution is 5.80. The highest BCUT2D eigenvalue weighted by Gasteiger charge is 2.31. The van der Waals surface area contributed by atoms with Gasteiger partial charge in [0.25, 0.3) is 5.89 Å². The van der Waals surface area contributed by atoms with Gasteiger partial charge in [0, 0.05) is 19.0 Å². The summed E-state index contributed by atoms with van der Waals surface area (Å²) in [6, 6.07) is 14.5. The summed E-state index contributed by atoms with van der Waals surface area (Å²) in [7, 11) is 0. The van der Waals surface area contributed by atoms with E-state index in [0.29, 0.717) is 37.6 Å². The van der Waals surface area contributed by atoms with E-state index >= 15 is 0 Å². The molecule has 35 heavy (non-hydrogen) atoms. The number of esters is 1. The zero-order chi connectivity index (χ0) is 24.8. The second kappa shape index (κ2) is 10.9. The molecule has 0 aliphatic carbocycles. The lowest BCUT2D eigenvalue weighted by Crippen LogP contribution is -2.42. The molecule has 0 spiro atoms. The Morgan fingerprint density at radius 3 is 2.57 bits per heavy atom. The molecule has 4 rings (SSSR count). The Hall–Kier alpha value is -4.06. The molecule has 0 bridgehead atoms. The average Bonchev–Trinajstić information content (AvgIpc) is 3.54. The van der Waals surface area contributed by atoms with Crippen LogP contribution in [0.2, 0.25) is 0 Å². The Balaban J connectivity index is 1.40. The van der Waals surface area contributed by atoms with Gasteiger partial charge in [0.05, 0.1) is 24.8 Å². The van der Waals surface area contributed by atoms with Crippen molar-refractivity contribution in [2.24, 2.45) is 5.92 Å². The lowest BCUT2D eigenvalue weighted by molar-refractivity contribution is -0.148. The molecule has 1 saturated heterocycles. The molecule has 1 fully saturated rings. The van der Waals surface area contributed by atoms with Crippen LogP contribution in [0.3, 0.4) is 0 Å². The number of nitriles is 1. The van der Waals surface area contributed by atoms with Gasteiger partial charge >= 0.3 is 5.97 Å². The van der Waals surface area contributed by atoms with Crippen LogP contribution in [0.25, 0.3) is 11.7 Å². The van der Waals surface area contributed by atoms with Crippen LogP contribution in [0.1, 0.15) is 50.4 Å². The van der Waals surface area contributed by atoms with E-state index in [1.807, 2.05) is 35.2 Å². The monoisotopic (exact) mass is 476 g/mol. The third-order valence-electron chi connectivity index (χ3n) is 5.86. The predicted molar refractivity (Wildman–Crippen MR) is 127 cm³/mol. The minimum atomic E-state index is -0.469. The number of ether oxygens (including phenoxy) is 1. The first-order chi connectivity index (χ1) is 16.9. The number of amides is 1. The number of benzene rings is 1. The van der Waals surface area contributed by atoms with Crippen LogP contribution in [0.15, 0.2) is 57.6 Å². The first-order valence-corrected chi connectivity index (χ1v) is 11.7. The van der Waals surface area contributed by atoms with Gasteiger partial charge in [0.2, 0.25) is 17.5 Å². The number of rotatable bonds is 8. The molecule has 9 nitrogen and oxygen atoms in total. The second-order valence-electron chi connectivity index (χ2n) is 8.74. The number of hydrogen-bond donors (Lipinski definition) is 1. The maximum atomic E-state index is 13.1. The Kier molecular flexibility index (Phi) is 7.51. The minimum Gasteiger partial charge on any atom is -0.463 e. The van der Waals surface area contributed by atoms with Gasteiger partial charge < -0.3 is 23.8 Å². The van der Waals surface area contributed by atoms with E-state index in [1.54, 1.807) is 26.0 Å². The van der Waals surface area contributed by atoms with Crippen molar-refractivity contribution in [3.05, 3.63) is 60.0 Å². The van der Waals surface area contributed by atoms with Crippen LogP contribution in [0, 0.1) is 17.2 Å². The molecule has 1 aliphatic heterocycles. The van der Waals surface area contributed by atoms with Crippen molar-refractivity contribution in [2.75, 3.05) is 18.0 Å². The normalized spacial score (nSPS) is 15.0. The van der Waals surface area contributed by atoms with Crippen molar-refractivity contribution >= 4 is 17.8 Å². The molecule has 1 aliphatic rings. The molecule has 0 radical (unpaired) electrons. The zero-order valence-corrected chi connectivity index (χ0v) is 19.8. The summed E-state index contributed by atoms with van der Waals surface area (Å²) in [5, 5.41) is 12.6. The van der Waals surface area contributed by atoms with Crippen LogP contribution in [-0.4, -0.2) is 36.1 Å². The standard InChI is InChI=1S/C26H28N4O5/c1-17(2)34-23(31)15-20(18-7-4-3-5-8-18)28-24(32)19-10-12-30(13-11-19)26-21(16-27)29-25(35-26)22-9-6-14-33-22/h3-9,14,17,19-20H,10-13,15H2,1-2H3,(H,28,32). The number of furan rings is 1. The van der Waals surface area contributed by atoms with E-state index < -0.39 is 6.04 Å². The smallest absolute Gasteiger partial charge is 0.308 e. The van der Waals surface area contributed by atoms with Gasteiger partial charge in [-0.05, 0) is 44.4 Å². The van der Waals surface area contributed by atoms with Gasteiger partial charge in [-0.1, -0.05) is 30.3 Å². The average molecular weight is 477 g/mol. The Labute approximate surface area is 203 Å². The number of anilines is 1. The van der Waals surface area contributed by atoms with Crippen LogP contribution < -0.4 is 10.2 Å². The van der Waals surface area contributed by atoms with Gasteiger partial charge in [-0.3, -0.25) is 9.59 Å². The Morgan fingerprint density at radius 1 is 1.20 bits per heavy atom. The van der Waals surface area contributed by atoms with Gasteiger partial charge in [-0.15, -0.1) is 0 Å². The van der Waals surface area contributed by atoms with Crippen molar-refractivity contribution in [1.82, 2.24) is 10.3 Å². The SMILES string of the molecule is CC(C)OC(=O)CC(NC(=O)C1CCN(c2oc(-c3ccco3)nc2C#N)CC1)c1ccccc1. The summed E-state index contributed by atoms with van der Waals surface area (Å²) in [4.78, 5) is 31.6. The van der Waals surface area contributed by atoms with Crippen molar-refractivity contribution < 1.29 is 23.2 Å². The van der Waals surface area contributed by atoms with E-state index in [1.165, 1.54) is 6.26 Å². The minimum absolute atomic E-state index is 0.0614. The van der Waals surface area contributed by atoms with E-state index in [4.69, 9.17) is 13.6 Å². The molecule has 3 aromatic rings. The Morgan fingerprint density at radius 2 is 1.94 bits per heavy atom. The largest absolute Gasteiger partial charge is 0.463 e. The first-order valence-electron chi connectivity index (χ1n) is 11.7. The molecule has 1 atom stereocenters. The lowest BCUT2D eigenvalue weighted by Gasteiger charge is -2.32. The molecular formula is C26H28N4O5. The molecule has 3 heterocycles. The summed E-state index contributed by atoms with van der Waals surface area (Å²) in [6.45, 7) is 4.66. The summed E-state index contributed by atoms with van der Waals surface area (Å²) in [6.07, 6.45) is 2.50. The van der Waals surface area contributed by atoms with E-state index in [9.17, 15) is 14.9 Å². The molecule has 1 unspecified atom stereocenters. The highest BCUT2D eigenvalue weighted by atomic mass is 16.5. The zero-order valence-electron chi connectivity index (χ0n) is 19.8. The number of carbonyl (C=O) groups is 2. The topological polar surface area (TPSA) is 122 Å². The maximum Gasteiger partial charge on any atom is 0.308 e. The quantitative estimate of drug-likeness (QED) is 0.480. The van der Waals surface area contributed by atoms with Gasteiger partial charge in [-0.2, -0.15) is 10.2 Å². The van der Waals surface area contributed by atoms with Crippen molar-refractivity contribution in [2.45, 2.75) is 45.3 Å². The summed E-state index contributed by atoms with van der Waals surface area (Å²) >= 11 is 0. The van der Waals surface area contributed by atoms with E-state index in [-0.39, 0.29) is 41.9 Å².